The summed E-state index contributed by atoms with van der Waals surface area (Å²) in [7, 11) is 0. The lowest BCUT2D eigenvalue weighted by Gasteiger charge is -2.06. The van der Waals surface area contributed by atoms with Crippen molar-refractivity contribution in [2.75, 3.05) is 5.73 Å². The first kappa shape index (κ1) is 11.3. The second kappa shape index (κ2) is 4.63. The monoisotopic (exact) mass is 210 g/mol. The van der Waals surface area contributed by atoms with E-state index < -0.39 is 11.5 Å². The molecule has 0 aliphatic heterocycles. The zero-order valence-electron chi connectivity index (χ0n) is 8.58. The van der Waals surface area contributed by atoms with E-state index in [9.17, 15) is 9.59 Å². The van der Waals surface area contributed by atoms with Crippen molar-refractivity contribution in [3.05, 3.63) is 27.6 Å². The van der Waals surface area contributed by atoms with Gasteiger partial charge in [0.15, 0.2) is 0 Å². The SMILES string of the molecule is CCCCc1cc(=O)oc(N)c1C(N)=O. The smallest absolute Gasteiger partial charge is 0.337 e. The molecule has 82 valence electrons. The minimum atomic E-state index is -0.664. The summed E-state index contributed by atoms with van der Waals surface area (Å²) in [4.78, 5) is 22.1. The molecule has 15 heavy (non-hydrogen) atoms. The molecule has 5 heteroatoms. The molecule has 1 heterocycles. The number of hydrogen-bond acceptors (Lipinski definition) is 4. The van der Waals surface area contributed by atoms with Crippen LogP contribution in [0.3, 0.4) is 0 Å². The summed E-state index contributed by atoms with van der Waals surface area (Å²) in [6, 6.07) is 1.27. The van der Waals surface area contributed by atoms with Crippen LogP contribution in [0.1, 0.15) is 35.7 Å². The molecule has 0 radical (unpaired) electrons. The molecule has 0 aliphatic carbocycles. The van der Waals surface area contributed by atoms with Crippen LogP contribution in [-0.4, -0.2) is 5.91 Å². The molecule has 0 spiro atoms. The van der Waals surface area contributed by atoms with E-state index in [4.69, 9.17) is 11.5 Å². The molecule has 1 amide bonds. The average Bonchev–Trinajstić information content (AvgIpc) is 2.12. The Balaban J connectivity index is 3.21. The molecule has 1 aromatic heterocycles. The first-order valence-electron chi connectivity index (χ1n) is 4.78. The summed E-state index contributed by atoms with van der Waals surface area (Å²) < 4.78 is 4.61. The maximum absolute atomic E-state index is 11.1. The van der Waals surface area contributed by atoms with E-state index in [1.54, 1.807) is 0 Å². The van der Waals surface area contributed by atoms with E-state index in [-0.39, 0.29) is 11.4 Å². The Hall–Kier alpha value is -1.78. The van der Waals surface area contributed by atoms with Gasteiger partial charge in [-0.25, -0.2) is 4.79 Å². The minimum absolute atomic E-state index is 0.128. The van der Waals surface area contributed by atoms with E-state index in [0.29, 0.717) is 12.0 Å². The highest BCUT2D eigenvalue weighted by Gasteiger charge is 2.15. The number of carbonyl (C=O) groups is 1. The molecule has 0 atom stereocenters. The molecular weight excluding hydrogens is 196 g/mol. The molecule has 0 fully saturated rings. The van der Waals surface area contributed by atoms with Crippen LogP contribution in [-0.2, 0) is 6.42 Å². The fourth-order valence-electron chi connectivity index (χ4n) is 1.41. The Morgan fingerprint density at radius 3 is 2.73 bits per heavy atom. The molecule has 1 aromatic rings. The summed E-state index contributed by atoms with van der Waals surface area (Å²) >= 11 is 0. The minimum Gasteiger partial charge on any atom is -0.406 e. The second-order valence-electron chi connectivity index (χ2n) is 3.30. The fraction of sp³-hybridized carbons (Fsp3) is 0.400. The van der Waals surface area contributed by atoms with E-state index >= 15 is 0 Å². The largest absolute Gasteiger partial charge is 0.406 e. The molecule has 0 aromatic carbocycles. The molecule has 0 aliphatic rings. The Morgan fingerprint density at radius 2 is 2.20 bits per heavy atom. The van der Waals surface area contributed by atoms with Gasteiger partial charge in [-0.1, -0.05) is 13.3 Å². The van der Waals surface area contributed by atoms with Crippen LogP contribution in [0.4, 0.5) is 5.88 Å². The number of amides is 1. The van der Waals surface area contributed by atoms with E-state index in [1.807, 2.05) is 6.92 Å². The van der Waals surface area contributed by atoms with Crippen LogP contribution in [0.25, 0.3) is 0 Å². The summed E-state index contributed by atoms with van der Waals surface area (Å²) in [6.45, 7) is 2.01. The van der Waals surface area contributed by atoms with Crippen LogP contribution < -0.4 is 17.1 Å². The Labute approximate surface area is 87.1 Å². The standard InChI is InChI=1S/C10H14N2O3/c1-2-3-4-6-5-7(13)15-10(12)8(6)9(11)14/h5H,2-4,12H2,1H3,(H2,11,14). The summed E-state index contributed by atoms with van der Waals surface area (Å²) in [5.74, 6) is -0.858. The van der Waals surface area contributed by atoms with E-state index in [1.165, 1.54) is 6.07 Å². The average molecular weight is 210 g/mol. The molecular formula is C10H14N2O3. The lowest BCUT2D eigenvalue weighted by Crippen LogP contribution is -2.19. The molecule has 0 bridgehead atoms. The van der Waals surface area contributed by atoms with Crippen LogP contribution in [0, 0.1) is 0 Å². The first-order valence-corrected chi connectivity index (χ1v) is 4.78. The van der Waals surface area contributed by atoms with Crippen molar-refractivity contribution in [1.82, 2.24) is 0 Å². The number of anilines is 1. The number of unbranched alkanes of at least 4 members (excludes halogenated alkanes) is 1. The van der Waals surface area contributed by atoms with Crippen LogP contribution in [0.2, 0.25) is 0 Å². The van der Waals surface area contributed by atoms with Gasteiger partial charge in [-0.15, -0.1) is 0 Å². The number of carbonyl (C=O) groups excluding carboxylic acids is 1. The van der Waals surface area contributed by atoms with Gasteiger partial charge in [-0.05, 0) is 18.4 Å². The van der Waals surface area contributed by atoms with Crippen molar-refractivity contribution < 1.29 is 9.21 Å². The van der Waals surface area contributed by atoms with Gasteiger partial charge >= 0.3 is 5.63 Å². The normalized spacial score (nSPS) is 10.2. The number of aryl methyl sites for hydroxylation is 1. The number of hydrogen-bond donors (Lipinski definition) is 2. The lowest BCUT2D eigenvalue weighted by atomic mass is 10.0. The van der Waals surface area contributed by atoms with Crippen LogP contribution >= 0.6 is 0 Å². The van der Waals surface area contributed by atoms with Crippen molar-refractivity contribution in [3.8, 4) is 0 Å². The summed E-state index contributed by atoms with van der Waals surface area (Å²) in [5, 5.41) is 0. The molecule has 0 saturated carbocycles. The zero-order chi connectivity index (χ0) is 11.4. The van der Waals surface area contributed by atoms with Gasteiger partial charge in [0.05, 0.1) is 0 Å². The third kappa shape index (κ3) is 2.59. The number of primary amides is 1. The van der Waals surface area contributed by atoms with Gasteiger partial charge in [0.2, 0.25) is 5.88 Å². The van der Waals surface area contributed by atoms with Gasteiger partial charge in [-0.2, -0.15) is 0 Å². The Bertz CT molecular complexity index is 423. The summed E-state index contributed by atoms with van der Waals surface area (Å²) in [5.41, 5.74) is 10.7. The molecule has 5 nitrogen and oxygen atoms in total. The Kier molecular flexibility index (Phi) is 3.49. The highest BCUT2D eigenvalue weighted by atomic mass is 16.4. The lowest BCUT2D eigenvalue weighted by molar-refractivity contribution is 0.0998. The van der Waals surface area contributed by atoms with Crippen molar-refractivity contribution in [2.24, 2.45) is 5.73 Å². The second-order valence-corrected chi connectivity index (χ2v) is 3.30. The van der Waals surface area contributed by atoms with Gasteiger partial charge < -0.3 is 15.9 Å². The zero-order valence-corrected chi connectivity index (χ0v) is 8.58. The highest BCUT2D eigenvalue weighted by Crippen LogP contribution is 2.16. The topological polar surface area (TPSA) is 99.3 Å². The number of nitrogens with two attached hydrogens (primary N) is 2. The molecule has 4 N–H and O–H groups in total. The fourth-order valence-corrected chi connectivity index (χ4v) is 1.41. The van der Waals surface area contributed by atoms with Crippen molar-refractivity contribution >= 4 is 11.8 Å². The maximum Gasteiger partial charge on any atom is 0.337 e. The third-order valence-corrected chi connectivity index (χ3v) is 2.12. The first-order chi connectivity index (χ1) is 7.06. The maximum atomic E-state index is 11.1. The predicted molar refractivity (Wildman–Crippen MR) is 56.5 cm³/mol. The predicted octanol–water partition coefficient (Wildman–Crippen LogP) is 0.664. The molecule has 1 rings (SSSR count). The summed E-state index contributed by atoms with van der Waals surface area (Å²) in [6.07, 6.45) is 2.42. The molecule has 0 saturated heterocycles. The van der Waals surface area contributed by atoms with Gasteiger partial charge in [0.25, 0.3) is 5.91 Å². The Morgan fingerprint density at radius 1 is 1.53 bits per heavy atom. The van der Waals surface area contributed by atoms with Gasteiger partial charge in [0, 0.05) is 6.07 Å². The quantitative estimate of drug-likeness (QED) is 0.762. The van der Waals surface area contributed by atoms with Gasteiger partial charge in [0.1, 0.15) is 5.56 Å². The van der Waals surface area contributed by atoms with Gasteiger partial charge in [-0.3, -0.25) is 4.79 Å². The molecule has 0 unspecified atom stereocenters. The number of rotatable bonds is 4. The van der Waals surface area contributed by atoms with Crippen molar-refractivity contribution in [1.29, 1.82) is 0 Å². The van der Waals surface area contributed by atoms with Crippen LogP contribution in [0.15, 0.2) is 15.3 Å². The third-order valence-electron chi connectivity index (χ3n) is 2.12. The number of nitrogen functional groups attached to an aromatic ring is 1. The van der Waals surface area contributed by atoms with Crippen LogP contribution in [0.5, 0.6) is 0 Å². The highest BCUT2D eigenvalue weighted by molar-refractivity contribution is 5.98. The van der Waals surface area contributed by atoms with Crippen molar-refractivity contribution in [3.63, 3.8) is 0 Å². The van der Waals surface area contributed by atoms with E-state index in [2.05, 4.69) is 4.42 Å². The van der Waals surface area contributed by atoms with E-state index in [0.717, 1.165) is 12.8 Å². The van der Waals surface area contributed by atoms with Crippen molar-refractivity contribution in [2.45, 2.75) is 26.2 Å².